The summed E-state index contributed by atoms with van der Waals surface area (Å²) in [7, 11) is 0. The first-order valence-corrected chi connectivity index (χ1v) is 8.55. The third kappa shape index (κ3) is 3.74. The van der Waals surface area contributed by atoms with Gasteiger partial charge in [-0.2, -0.15) is 0 Å². The topological polar surface area (TPSA) is 70.7 Å². The molecular weight excluding hydrogens is 326 g/mol. The van der Waals surface area contributed by atoms with Crippen molar-refractivity contribution in [3.63, 3.8) is 0 Å². The smallest absolute Gasteiger partial charge is 0.279 e. The van der Waals surface area contributed by atoms with Crippen LogP contribution in [0.1, 0.15) is 16.6 Å². The van der Waals surface area contributed by atoms with Crippen LogP contribution in [0, 0.1) is 0 Å². The van der Waals surface area contributed by atoms with Gasteiger partial charge < -0.3 is 9.64 Å². The summed E-state index contributed by atoms with van der Waals surface area (Å²) in [6, 6.07) is 11.9. The van der Waals surface area contributed by atoms with Gasteiger partial charge in [-0.25, -0.2) is 0 Å². The number of carbonyl (C=O) groups excluding carboxylic acids is 2. The van der Waals surface area contributed by atoms with E-state index in [0.29, 0.717) is 18.1 Å². The third-order valence-corrected chi connectivity index (χ3v) is 4.87. The van der Waals surface area contributed by atoms with Crippen LogP contribution in [0.2, 0.25) is 0 Å². The number of nitrogens with zero attached hydrogens (tertiary/aromatic N) is 1. The van der Waals surface area contributed by atoms with Crippen LogP contribution in [0.25, 0.3) is 11.1 Å². The van der Waals surface area contributed by atoms with Crippen LogP contribution in [0.5, 0.6) is 0 Å². The van der Waals surface area contributed by atoms with E-state index in [-0.39, 0.29) is 11.8 Å². The van der Waals surface area contributed by atoms with Gasteiger partial charge in [-0.15, -0.1) is 11.3 Å². The highest BCUT2D eigenvalue weighted by Crippen LogP contribution is 2.39. The van der Waals surface area contributed by atoms with Gasteiger partial charge in [0.25, 0.3) is 5.91 Å². The zero-order valence-corrected chi connectivity index (χ0v) is 14.2. The summed E-state index contributed by atoms with van der Waals surface area (Å²) in [5.74, 6) is -0.622. The molecule has 0 aliphatic carbocycles. The van der Waals surface area contributed by atoms with Crippen LogP contribution in [0.3, 0.4) is 0 Å². The van der Waals surface area contributed by atoms with Gasteiger partial charge in [0.15, 0.2) is 0 Å². The maximum atomic E-state index is 12.3. The Labute approximate surface area is 144 Å². The van der Waals surface area contributed by atoms with Crippen LogP contribution in [-0.2, 0) is 9.53 Å². The van der Waals surface area contributed by atoms with E-state index in [0.717, 1.165) is 29.2 Å². The van der Waals surface area contributed by atoms with Gasteiger partial charge in [0.2, 0.25) is 5.91 Å². The highest BCUT2D eigenvalue weighted by Gasteiger charge is 2.21. The lowest BCUT2D eigenvalue weighted by atomic mass is 10.1. The quantitative estimate of drug-likeness (QED) is 0.835. The van der Waals surface area contributed by atoms with Crippen molar-refractivity contribution in [3.8, 4) is 11.1 Å². The Balaban J connectivity index is 1.93. The summed E-state index contributed by atoms with van der Waals surface area (Å²) in [6.45, 7) is 4.31. The summed E-state index contributed by atoms with van der Waals surface area (Å²) in [5, 5.41) is 1.05. The molecule has 0 radical (unpaired) electrons. The van der Waals surface area contributed by atoms with E-state index in [4.69, 9.17) is 4.74 Å². The normalized spacial score (nSPS) is 14.3. The molecule has 2 aromatic rings. The Bertz CT molecular complexity index is 724. The minimum atomic E-state index is -0.313. The number of carbonyl (C=O) groups is 2. The van der Waals surface area contributed by atoms with Gasteiger partial charge in [-0.05, 0) is 11.6 Å². The standard InChI is InChI=1S/C17H19N3O3S/c1-12(21)18-19-16(22)15-11-14(13-5-3-2-4-6-13)17(24-15)20-7-9-23-10-8-20/h2-6,11H,7-10H2,1H3,(H,18,21)(H,19,22). The number of hydrogen-bond acceptors (Lipinski definition) is 5. The average Bonchev–Trinajstić information content (AvgIpc) is 3.06. The Morgan fingerprint density at radius 1 is 1.12 bits per heavy atom. The van der Waals surface area contributed by atoms with Crippen LogP contribution < -0.4 is 15.8 Å². The predicted octanol–water partition coefficient (Wildman–Crippen LogP) is 2.03. The van der Waals surface area contributed by atoms with E-state index in [2.05, 4.69) is 15.8 Å². The summed E-state index contributed by atoms with van der Waals surface area (Å²) in [4.78, 5) is 26.0. The number of ether oxygens (including phenoxy) is 1. The number of thiophene rings is 1. The molecule has 24 heavy (non-hydrogen) atoms. The SMILES string of the molecule is CC(=O)NNC(=O)c1cc(-c2ccccc2)c(N2CCOCC2)s1. The molecule has 1 aliphatic rings. The number of rotatable bonds is 3. The van der Waals surface area contributed by atoms with Crippen LogP contribution >= 0.6 is 11.3 Å². The molecular formula is C17H19N3O3S. The maximum absolute atomic E-state index is 12.3. The lowest BCUT2D eigenvalue weighted by Gasteiger charge is -2.28. The van der Waals surface area contributed by atoms with E-state index in [1.54, 1.807) is 0 Å². The summed E-state index contributed by atoms with van der Waals surface area (Å²) >= 11 is 1.43. The molecule has 2 N–H and O–H groups in total. The first-order valence-electron chi connectivity index (χ1n) is 7.74. The Hall–Kier alpha value is -2.38. The Morgan fingerprint density at radius 3 is 2.50 bits per heavy atom. The average molecular weight is 345 g/mol. The van der Waals surface area contributed by atoms with Crippen molar-refractivity contribution >= 4 is 28.2 Å². The monoisotopic (exact) mass is 345 g/mol. The molecule has 2 amide bonds. The van der Waals surface area contributed by atoms with E-state index in [9.17, 15) is 9.59 Å². The minimum Gasteiger partial charge on any atom is -0.378 e. The lowest BCUT2D eigenvalue weighted by molar-refractivity contribution is -0.119. The minimum absolute atomic E-state index is 0.309. The number of nitrogens with one attached hydrogen (secondary N) is 2. The van der Waals surface area contributed by atoms with Crippen molar-refractivity contribution < 1.29 is 14.3 Å². The fraction of sp³-hybridized carbons (Fsp3) is 0.294. The van der Waals surface area contributed by atoms with Crippen molar-refractivity contribution in [2.24, 2.45) is 0 Å². The largest absolute Gasteiger partial charge is 0.378 e. The fourth-order valence-corrected chi connectivity index (χ4v) is 3.65. The maximum Gasteiger partial charge on any atom is 0.279 e. The van der Waals surface area contributed by atoms with Crippen molar-refractivity contribution in [1.82, 2.24) is 10.9 Å². The van der Waals surface area contributed by atoms with Gasteiger partial charge in [-0.1, -0.05) is 30.3 Å². The van der Waals surface area contributed by atoms with Crippen LogP contribution in [0.4, 0.5) is 5.00 Å². The second-order valence-corrected chi connectivity index (χ2v) is 6.46. The summed E-state index contributed by atoms with van der Waals surface area (Å²) in [5.41, 5.74) is 6.84. The molecule has 0 atom stereocenters. The van der Waals surface area contributed by atoms with Crippen molar-refractivity contribution in [1.29, 1.82) is 0 Å². The molecule has 1 saturated heterocycles. The van der Waals surface area contributed by atoms with Crippen LogP contribution in [-0.4, -0.2) is 38.1 Å². The number of morpholine rings is 1. The lowest BCUT2D eigenvalue weighted by Crippen LogP contribution is -2.39. The number of hydrazine groups is 1. The fourth-order valence-electron chi connectivity index (χ4n) is 2.53. The van der Waals surface area contributed by atoms with Gasteiger partial charge in [0.1, 0.15) is 0 Å². The molecule has 0 spiro atoms. The highest BCUT2D eigenvalue weighted by atomic mass is 32.1. The van der Waals surface area contributed by atoms with E-state index in [1.165, 1.54) is 18.3 Å². The molecule has 1 aromatic heterocycles. The first-order chi connectivity index (χ1) is 11.6. The molecule has 0 unspecified atom stereocenters. The van der Waals surface area contributed by atoms with E-state index >= 15 is 0 Å². The van der Waals surface area contributed by atoms with Gasteiger partial charge >= 0.3 is 0 Å². The molecule has 126 valence electrons. The molecule has 1 aromatic carbocycles. The van der Waals surface area contributed by atoms with Crippen LogP contribution in [0.15, 0.2) is 36.4 Å². The first kappa shape index (κ1) is 16.5. The number of amides is 2. The molecule has 1 aliphatic heterocycles. The molecule has 2 heterocycles. The Morgan fingerprint density at radius 2 is 1.83 bits per heavy atom. The van der Waals surface area contributed by atoms with Crippen molar-refractivity contribution in [3.05, 3.63) is 41.3 Å². The number of hydrogen-bond donors (Lipinski definition) is 2. The summed E-state index contributed by atoms with van der Waals surface area (Å²) < 4.78 is 5.42. The van der Waals surface area contributed by atoms with Gasteiger partial charge in [0.05, 0.1) is 23.1 Å². The van der Waals surface area contributed by atoms with Gasteiger partial charge in [-0.3, -0.25) is 20.4 Å². The molecule has 0 saturated carbocycles. The van der Waals surface area contributed by atoms with E-state index in [1.807, 2.05) is 36.4 Å². The van der Waals surface area contributed by atoms with Crippen molar-refractivity contribution in [2.75, 3.05) is 31.2 Å². The molecule has 1 fully saturated rings. The van der Waals surface area contributed by atoms with Crippen molar-refractivity contribution in [2.45, 2.75) is 6.92 Å². The number of anilines is 1. The molecule has 6 nitrogen and oxygen atoms in total. The molecule has 0 bridgehead atoms. The summed E-state index contributed by atoms with van der Waals surface area (Å²) in [6.07, 6.45) is 0. The Kier molecular flexibility index (Phi) is 5.12. The van der Waals surface area contributed by atoms with E-state index < -0.39 is 0 Å². The zero-order chi connectivity index (χ0) is 16.9. The second kappa shape index (κ2) is 7.46. The molecule has 7 heteroatoms. The predicted molar refractivity (Wildman–Crippen MR) is 94.1 cm³/mol. The third-order valence-electron chi connectivity index (χ3n) is 3.67. The second-order valence-electron chi connectivity index (χ2n) is 5.43. The zero-order valence-electron chi connectivity index (χ0n) is 13.4. The number of benzene rings is 1. The van der Waals surface area contributed by atoms with Gasteiger partial charge in [0, 0.05) is 25.6 Å². The highest BCUT2D eigenvalue weighted by molar-refractivity contribution is 7.18. The molecule has 3 rings (SSSR count).